The van der Waals surface area contributed by atoms with Gasteiger partial charge in [-0.05, 0) is 19.1 Å². The van der Waals surface area contributed by atoms with Crippen LogP contribution in [0.2, 0.25) is 0 Å². The van der Waals surface area contributed by atoms with Gasteiger partial charge in [-0.1, -0.05) is 12.1 Å². The van der Waals surface area contributed by atoms with Crippen molar-refractivity contribution in [2.24, 2.45) is 0 Å². The molecule has 2 aromatic rings. The molecule has 2 heterocycles. The first-order chi connectivity index (χ1) is 14.2. The van der Waals surface area contributed by atoms with Gasteiger partial charge in [-0.25, -0.2) is 4.98 Å². The lowest BCUT2D eigenvalue weighted by molar-refractivity contribution is -0.123. The molecule has 1 fully saturated rings. The first-order valence-electron chi connectivity index (χ1n) is 9.60. The molecule has 0 saturated carbocycles. The van der Waals surface area contributed by atoms with Crippen molar-refractivity contribution in [3.05, 3.63) is 36.0 Å². The van der Waals surface area contributed by atoms with Gasteiger partial charge in [0.25, 0.3) is 5.91 Å². The van der Waals surface area contributed by atoms with Gasteiger partial charge in [-0.2, -0.15) is 4.98 Å². The SMILES string of the molecule is COc1ccccc1OCC(=O)NCCNc1nc(C)cc(N2CCOCC2)n1. The predicted octanol–water partition coefficient (Wildman–Crippen LogP) is 1.24. The van der Waals surface area contributed by atoms with Crippen molar-refractivity contribution in [2.75, 3.05) is 63.3 Å². The van der Waals surface area contributed by atoms with Crippen molar-refractivity contribution in [2.45, 2.75) is 6.92 Å². The summed E-state index contributed by atoms with van der Waals surface area (Å²) in [6.45, 7) is 5.83. The number of aryl methyl sites for hydroxylation is 1. The zero-order chi connectivity index (χ0) is 20.5. The Kier molecular flexibility index (Phi) is 7.46. The number of amides is 1. The number of anilines is 2. The molecule has 3 rings (SSSR count). The van der Waals surface area contributed by atoms with Gasteiger partial charge < -0.3 is 29.7 Å². The van der Waals surface area contributed by atoms with Gasteiger partial charge in [-0.15, -0.1) is 0 Å². The first kappa shape index (κ1) is 20.7. The van der Waals surface area contributed by atoms with Crippen LogP contribution in [0.5, 0.6) is 11.5 Å². The predicted molar refractivity (Wildman–Crippen MR) is 110 cm³/mol. The molecule has 0 atom stereocenters. The van der Waals surface area contributed by atoms with Crippen LogP contribution >= 0.6 is 0 Å². The summed E-state index contributed by atoms with van der Waals surface area (Å²) in [5, 5.41) is 5.96. The highest BCUT2D eigenvalue weighted by atomic mass is 16.5. The topological polar surface area (TPSA) is 97.8 Å². The van der Waals surface area contributed by atoms with Gasteiger partial charge in [-0.3, -0.25) is 4.79 Å². The number of rotatable bonds is 9. The monoisotopic (exact) mass is 401 g/mol. The molecule has 0 bridgehead atoms. The smallest absolute Gasteiger partial charge is 0.258 e. The summed E-state index contributed by atoms with van der Waals surface area (Å²) in [7, 11) is 1.56. The van der Waals surface area contributed by atoms with E-state index in [-0.39, 0.29) is 12.5 Å². The number of nitrogens with zero attached hydrogens (tertiary/aromatic N) is 3. The lowest BCUT2D eigenvalue weighted by Crippen LogP contribution is -2.37. The number of hydrogen-bond acceptors (Lipinski definition) is 8. The highest BCUT2D eigenvalue weighted by Crippen LogP contribution is 2.25. The summed E-state index contributed by atoms with van der Waals surface area (Å²) in [6, 6.07) is 9.18. The molecule has 1 saturated heterocycles. The number of carbonyl (C=O) groups is 1. The van der Waals surface area contributed by atoms with E-state index in [2.05, 4.69) is 25.5 Å². The summed E-state index contributed by atoms with van der Waals surface area (Å²) in [5.41, 5.74) is 0.887. The number of nitrogens with one attached hydrogen (secondary N) is 2. The second-order valence-electron chi connectivity index (χ2n) is 6.51. The second kappa shape index (κ2) is 10.5. The molecule has 1 amide bonds. The largest absolute Gasteiger partial charge is 0.493 e. The van der Waals surface area contributed by atoms with Crippen molar-refractivity contribution in [3.63, 3.8) is 0 Å². The van der Waals surface area contributed by atoms with Crippen LogP contribution in [0, 0.1) is 6.92 Å². The fourth-order valence-electron chi connectivity index (χ4n) is 2.89. The Morgan fingerprint density at radius 3 is 2.69 bits per heavy atom. The Bertz CT molecular complexity index is 811. The summed E-state index contributed by atoms with van der Waals surface area (Å²) < 4.78 is 16.1. The Morgan fingerprint density at radius 2 is 1.93 bits per heavy atom. The van der Waals surface area contributed by atoms with E-state index in [1.54, 1.807) is 19.2 Å². The molecule has 0 spiro atoms. The average molecular weight is 401 g/mol. The van der Waals surface area contributed by atoms with Gasteiger partial charge >= 0.3 is 0 Å². The van der Waals surface area contributed by atoms with Gasteiger partial charge in [0.15, 0.2) is 18.1 Å². The van der Waals surface area contributed by atoms with E-state index in [0.717, 1.165) is 24.6 Å². The van der Waals surface area contributed by atoms with Crippen LogP contribution in [0.15, 0.2) is 30.3 Å². The highest BCUT2D eigenvalue weighted by Gasteiger charge is 2.14. The van der Waals surface area contributed by atoms with Crippen LogP contribution in [0.4, 0.5) is 11.8 Å². The summed E-state index contributed by atoms with van der Waals surface area (Å²) in [4.78, 5) is 23.1. The lowest BCUT2D eigenvalue weighted by Gasteiger charge is -2.28. The number of benzene rings is 1. The maximum absolute atomic E-state index is 12.0. The molecule has 1 aromatic heterocycles. The molecule has 29 heavy (non-hydrogen) atoms. The maximum atomic E-state index is 12.0. The first-order valence-corrected chi connectivity index (χ1v) is 9.60. The number of methoxy groups -OCH3 is 1. The zero-order valence-corrected chi connectivity index (χ0v) is 16.8. The van der Waals surface area contributed by atoms with Crippen LogP contribution in [-0.4, -0.2) is 69.0 Å². The Labute approximate surface area is 170 Å². The van der Waals surface area contributed by atoms with Crippen molar-refractivity contribution in [3.8, 4) is 11.5 Å². The summed E-state index contributed by atoms with van der Waals surface area (Å²) >= 11 is 0. The molecule has 0 unspecified atom stereocenters. The van der Waals surface area contributed by atoms with Crippen molar-refractivity contribution in [1.82, 2.24) is 15.3 Å². The molecule has 0 radical (unpaired) electrons. The molecule has 9 heteroatoms. The van der Waals surface area contributed by atoms with E-state index in [1.807, 2.05) is 25.1 Å². The molecule has 1 aromatic carbocycles. The van der Waals surface area contributed by atoms with Crippen molar-refractivity contribution in [1.29, 1.82) is 0 Å². The number of para-hydroxylation sites is 2. The minimum absolute atomic E-state index is 0.0809. The highest BCUT2D eigenvalue weighted by molar-refractivity contribution is 5.77. The molecule has 1 aliphatic heterocycles. The van der Waals surface area contributed by atoms with E-state index < -0.39 is 0 Å². The van der Waals surface area contributed by atoms with E-state index in [0.29, 0.717) is 43.8 Å². The number of morpholine rings is 1. The van der Waals surface area contributed by atoms with E-state index in [4.69, 9.17) is 14.2 Å². The van der Waals surface area contributed by atoms with E-state index in [1.165, 1.54) is 0 Å². The molecular weight excluding hydrogens is 374 g/mol. The molecule has 0 aliphatic carbocycles. The second-order valence-corrected chi connectivity index (χ2v) is 6.51. The zero-order valence-electron chi connectivity index (χ0n) is 16.8. The third kappa shape index (κ3) is 6.21. The van der Waals surface area contributed by atoms with Gasteiger partial charge in [0.2, 0.25) is 5.95 Å². The molecule has 9 nitrogen and oxygen atoms in total. The number of hydrogen-bond donors (Lipinski definition) is 2. The fraction of sp³-hybridized carbons (Fsp3) is 0.450. The molecule has 1 aliphatic rings. The van der Waals surface area contributed by atoms with Gasteiger partial charge in [0.05, 0.1) is 20.3 Å². The van der Waals surface area contributed by atoms with Gasteiger partial charge in [0.1, 0.15) is 5.82 Å². The number of ether oxygens (including phenoxy) is 3. The minimum Gasteiger partial charge on any atom is -0.493 e. The van der Waals surface area contributed by atoms with Crippen LogP contribution in [-0.2, 0) is 9.53 Å². The standard InChI is InChI=1S/C20H27N5O4/c1-15-13-18(25-9-11-28-12-10-25)24-20(23-15)22-8-7-21-19(26)14-29-17-6-4-3-5-16(17)27-2/h3-6,13H,7-12,14H2,1-2H3,(H,21,26)(H,22,23,24). The van der Waals surface area contributed by atoms with Gasteiger partial charge in [0, 0.05) is 37.9 Å². The quantitative estimate of drug-likeness (QED) is 0.606. The Hall–Kier alpha value is -3.07. The number of aromatic nitrogens is 2. The molecule has 156 valence electrons. The van der Waals surface area contributed by atoms with Crippen LogP contribution in [0.1, 0.15) is 5.69 Å². The number of carbonyl (C=O) groups excluding carboxylic acids is 1. The Morgan fingerprint density at radius 1 is 1.17 bits per heavy atom. The van der Waals surface area contributed by atoms with Crippen molar-refractivity contribution < 1.29 is 19.0 Å². The fourth-order valence-corrected chi connectivity index (χ4v) is 2.89. The van der Waals surface area contributed by atoms with Crippen LogP contribution < -0.4 is 25.0 Å². The van der Waals surface area contributed by atoms with Crippen LogP contribution in [0.3, 0.4) is 0 Å². The normalized spacial score (nSPS) is 13.7. The molecular formula is C20H27N5O4. The van der Waals surface area contributed by atoms with Crippen LogP contribution in [0.25, 0.3) is 0 Å². The Balaban J connectivity index is 1.42. The average Bonchev–Trinajstić information content (AvgIpc) is 2.75. The summed E-state index contributed by atoms with van der Waals surface area (Å²) in [5.74, 6) is 2.35. The minimum atomic E-state index is -0.211. The van der Waals surface area contributed by atoms with Crippen molar-refractivity contribution >= 4 is 17.7 Å². The lowest BCUT2D eigenvalue weighted by atomic mass is 10.3. The van der Waals surface area contributed by atoms with E-state index >= 15 is 0 Å². The third-order valence-corrected chi connectivity index (χ3v) is 4.33. The summed E-state index contributed by atoms with van der Waals surface area (Å²) in [6.07, 6.45) is 0. The van der Waals surface area contributed by atoms with E-state index in [9.17, 15) is 4.79 Å². The molecule has 2 N–H and O–H groups in total. The maximum Gasteiger partial charge on any atom is 0.258 e. The third-order valence-electron chi connectivity index (χ3n) is 4.33.